The standard InChI is InChI=1S/C18H18ClN3O/c19-16-7-5-14(6-8-16)9-11-22-18(23)10-12-21-17-4-2-1-3-15(17)13-20/h1-8,21H,9-12H2,(H,22,23). The summed E-state index contributed by atoms with van der Waals surface area (Å²) in [5.74, 6) is -0.0131. The molecule has 5 heteroatoms. The molecule has 2 aromatic carbocycles. The second-order valence-corrected chi connectivity index (χ2v) is 5.50. The van der Waals surface area contributed by atoms with Crippen molar-refractivity contribution in [3.8, 4) is 6.07 Å². The second-order valence-electron chi connectivity index (χ2n) is 5.06. The number of hydrogen-bond donors (Lipinski definition) is 2. The topological polar surface area (TPSA) is 64.9 Å². The summed E-state index contributed by atoms with van der Waals surface area (Å²) in [6, 6.07) is 17.0. The highest BCUT2D eigenvalue weighted by molar-refractivity contribution is 6.30. The molecule has 0 saturated carbocycles. The summed E-state index contributed by atoms with van der Waals surface area (Å²) < 4.78 is 0. The molecule has 0 aliphatic carbocycles. The Bertz CT molecular complexity index is 692. The summed E-state index contributed by atoms with van der Waals surface area (Å²) in [5.41, 5.74) is 2.47. The normalized spacial score (nSPS) is 9.91. The fourth-order valence-electron chi connectivity index (χ4n) is 2.13. The van der Waals surface area contributed by atoms with Crippen LogP contribution >= 0.6 is 11.6 Å². The third-order valence-corrected chi connectivity index (χ3v) is 3.62. The van der Waals surface area contributed by atoms with E-state index in [0.29, 0.717) is 30.1 Å². The van der Waals surface area contributed by atoms with Crippen molar-refractivity contribution in [3.63, 3.8) is 0 Å². The average Bonchev–Trinajstić information content (AvgIpc) is 2.57. The zero-order valence-electron chi connectivity index (χ0n) is 12.7. The number of carbonyl (C=O) groups excluding carboxylic acids is 1. The van der Waals surface area contributed by atoms with E-state index in [2.05, 4.69) is 16.7 Å². The van der Waals surface area contributed by atoms with Crippen molar-refractivity contribution in [1.82, 2.24) is 5.32 Å². The van der Waals surface area contributed by atoms with E-state index in [0.717, 1.165) is 17.7 Å². The van der Waals surface area contributed by atoms with Gasteiger partial charge in [0.1, 0.15) is 6.07 Å². The molecule has 0 bridgehead atoms. The van der Waals surface area contributed by atoms with Crippen molar-refractivity contribution >= 4 is 23.2 Å². The molecule has 23 heavy (non-hydrogen) atoms. The van der Waals surface area contributed by atoms with Gasteiger partial charge in [0, 0.05) is 24.5 Å². The fraction of sp³-hybridized carbons (Fsp3) is 0.222. The van der Waals surface area contributed by atoms with Gasteiger partial charge in [-0.15, -0.1) is 0 Å². The molecule has 2 rings (SSSR count). The zero-order valence-corrected chi connectivity index (χ0v) is 13.4. The van der Waals surface area contributed by atoms with E-state index >= 15 is 0 Å². The molecule has 0 spiro atoms. The Kier molecular flexibility index (Phi) is 6.46. The quantitative estimate of drug-likeness (QED) is 0.819. The Morgan fingerprint density at radius 2 is 1.83 bits per heavy atom. The first-order valence-corrected chi connectivity index (χ1v) is 7.81. The SMILES string of the molecule is N#Cc1ccccc1NCCC(=O)NCCc1ccc(Cl)cc1. The maximum Gasteiger partial charge on any atom is 0.221 e. The minimum atomic E-state index is -0.0131. The van der Waals surface area contributed by atoms with Gasteiger partial charge in [-0.25, -0.2) is 0 Å². The van der Waals surface area contributed by atoms with Gasteiger partial charge < -0.3 is 10.6 Å². The summed E-state index contributed by atoms with van der Waals surface area (Å²) in [7, 11) is 0. The monoisotopic (exact) mass is 327 g/mol. The number of anilines is 1. The van der Waals surface area contributed by atoms with Crippen LogP contribution in [-0.2, 0) is 11.2 Å². The van der Waals surface area contributed by atoms with E-state index in [9.17, 15) is 4.79 Å². The number of para-hydroxylation sites is 1. The lowest BCUT2D eigenvalue weighted by Gasteiger charge is -2.08. The van der Waals surface area contributed by atoms with Gasteiger partial charge >= 0.3 is 0 Å². The van der Waals surface area contributed by atoms with E-state index in [-0.39, 0.29) is 5.91 Å². The van der Waals surface area contributed by atoms with Gasteiger partial charge in [-0.3, -0.25) is 4.79 Å². The predicted molar refractivity (Wildman–Crippen MR) is 92.4 cm³/mol. The number of nitrogens with one attached hydrogen (secondary N) is 2. The van der Waals surface area contributed by atoms with Crippen molar-refractivity contribution in [2.24, 2.45) is 0 Å². The van der Waals surface area contributed by atoms with Gasteiger partial charge in [0.25, 0.3) is 0 Å². The van der Waals surface area contributed by atoms with Gasteiger partial charge in [0.2, 0.25) is 5.91 Å². The Morgan fingerprint density at radius 3 is 2.57 bits per heavy atom. The molecule has 0 aliphatic rings. The maximum atomic E-state index is 11.8. The molecule has 0 fully saturated rings. The molecular weight excluding hydrogens is 310 g/mol. The molecule has 4 nitrogen and oxygen atoms in total. The molecule has 0 heterocycles. The van der Waals surface area contributed by atoms with Crippen molar-refractivity contribution in [2.75, 3.05) is 18.4 Å². The Hall–Kier alpha value is -2.51. The van der Waals surface area contributed by atoms with E-state index in [4.69, 9.17) is 16.9 Å². The summed E-state index contributed by atoms with van der Waals surface area (Å²) in [6.45, 7) is 1.08. The van der Waals surface area contributed by atoms with Gasteiger partial charge in [-0.05, 0) is 36.2 Å². The molecule has 0 atom stereocenters. The van der Waals surface area contributed by atoms with Crippen LogP contribution in [0.4, 0.5) is 5.69 Å². The number of amides is 1. The van der Waals surface area contributed by atoms with Gasteiger partial charge in [0.05, 0.1) is 11.3 Å². The third kappa shape index (κ3) is 5.65. The second kappa shape index (κ2) is 8.82. The first-order valence-electron chi connectivity index (χ1n) is 7.43. The maximum absolute atomic E-state index is 11.8. The molecular formula is C18H18ClN3O. The highest BCUT2D eigenvalue weighted by Crippen LogP contribution is 2.13. The zero-order chi connectivity index (χ0) is 16.5. The van der Waals surface area contributed by atoms with Crippen LogP contribution in [0.5, 0.6) is 0 Å². The van der Waals surface area contributed by atoms with Crippen LogP contribution in [-0.4, -0.2) is 19.0 Å². The smallest absolute Gasteiger partial charge is 0.221 e. The number of halogens is 1. The number of rotatable bonds is 7. The Morgan fingerprint density at radius 1 is 1.09 bits per heavy atom. The van der Waals surface area contributed by atoms with Crippen molar-refractivity contribution in [1.29, 1.82) is 5.26 Å². The molecule has 118 valence electrons. The number of carbonyl (C=O) groups is 1. The number of nitriles is 1. The summed E-state index contributed by atoms with van der Waals surface area (Å²) in [4.78, 5) is 11.8. The van der Waals surface area contributed by atoms with Crippen LogP contribution in [0.25, 0.3) is 0 Å². The number of hydrogen-bond acceptors (Lipinski definition) is 3. The fourth-order valence-corrected chi connectivity index (χ4v) is 2.26. The van der Waals surface area contributed by atoms with Crippen molar-refractivity contribution in [3.05, 3.63) is 64.7 Å². The number of nitrogens with zero attached hydrogens (tertiary/aromatic N) is 1. The van der Waals surface area contributed by atoms with Crippen LogP contribution in [0, 0.1) is 11.3 Å². The molecule has 0 unspecified atom stereocenters. The van der Waals surface area contributed by atoms with Crippen molar-refractivity contribution in [2.45, 2.75) is 12.8 Å². The van der Waals surface area contributed by atoms with E-state index in [1.165, 1.54) is 0 Å². The predicted octanol–water partition coefficient (Wildman–Crippen LogP) is 3.37. The molecule has 0 radical (unpaired) electrons. The van der Waals surface area contributed by atoms with Crippen LogP contribution in [0.1, 0.15) is 17.5 Å². The first-order chi connectivity index (χ1) is 11.2. The summed E-state index contributed by atoms with van der Waals surface area (Å²) in [5, 5.41) is 15.7. The van der Waals surface area contributed by atoms with E-state index < -0.39 is 0 Å². The average molecular weight is 328 g/mol. The van der Waals surface area contributed by atoms with Crippen LogP contribution in [0.15, 0.2) is 48.5 Å². The molecule has 1 amide bonds. The molecule has 0 aromatic heterocycles. The molecule has 0 aliphatic heterocycles. The molecule has 2 N–H and O–H groups in total. The molecule has 2 aromatic rings. The minimum absolute atomic E-state index is 0.0131. The highest BCUT2D eigenvalue weighted by atomic mass is 35.5. The summed E-state index contributed by atoms with van der Waals surface area (Å²) in [6.07, 6.45) is 1.13. The van der Waals surface area contributed by atoms with Gasteiger partial charge in [0.15, 0.2) is 0 Å². The lowest BCUT2D eigenvalue weighted by Crippen LogP contribution is -2.27. The van der Waals surface area contributed by atoms with Gasteiger partial charge in [-0.2, -0.15) is 5.26 Å². The minimum Gasteiger partial charge on any atom is -0.383 e. The lowest BCUT2D eigenvalue weighted by molar-refractivity contribution is -0.120. The van der Waals surface area contributed by atoms with E-state index in [1.54, 1.807) is 6.07 Å². The van der Waals surface area contributed by atoms with Gasteiger partial charge in [-0.1, -0.05) is 35.9 Å². The highest BCUT2D eigenvalue weighted by Gasteiger charge is 2.03. The first kappa shape index (κ1) is 16.9. The summed E-state index contributed by atoms with van der Waals surface area (Å²) >= 11 is 5.83. The Labute approximate surface area is 141 Å². The van der Waals surface area contributed by atoms with Crippen LogP contribution in [0.2, 0.25) is 5.02 Å². The van der Waals surface area contributed by atoms with Crippen LogP contribution in [0.3, 0.4) is 0 Å². The van der Waals surface area contributed by atoms with Crippen molar-refractivity contribution < 1.29 is 4.79 Å². The Balaban J connectivity index is 1.67. The van der Waals surface area contributed by atoms with E-state index in [1.807, 2.05) is 42.5 Å². The third-order valence-electron chi connectivity index (χ3n) is 3.36. The largest absolute Gasteiger partial charge is 0.383 e. The number of benzene rings is 2. The molecule has 0 saturated heterocycles. The van der Waals surface area contributed by atoms with Crippen LogP contribution < -0.4 is 10.6 Å². The lowest BCUT2D eigenvalue weighted by atomic mass is 10.1.